The van der Waals surface area contributed by atoms with Gasteiger partial charge in [-0.15, -0.1) is 0 Å². The number of benzene rings is 3. The molecule has 0 aromatic heterocycles. The lowest BCUT2D eigenvalue weighted by atomic mass is 9.76. The molecule has 2 fully saturated rings. The van der Waals surface area contributed by atoms with E-state index in [1.807, 2.05) is 80.6 Å². The summed E-state index contributed by atoms with van der Waals surface area (Å²) in [6.45, 7) is 4.39. The monoisotopic (exact) mass is 679 g/mol. The Morgan fingerprint density at radius 1 is 1.00 bits per heavy atom. The predicted molar refractivity (Wildman–Crippen MR) is 188 cm³/mol. The van der Waals surface area contributed by atoms with E-state index in [1.54, 1.807) is 0 Å². The van der Waals surface area contributed by atoms with Gasteiger partial charge in [0.1, 0.15) is 11.4 Å². The number of aliphatic hydroxyl groups excluding tert-OH is 1. The zero-order valence-electron chi connectivity index (χ0n) is 27.2. The molecule has 3 aromatic rings. The lowest BCUT2D eigenvalue weighted by Crippen LogP contribution is -2.45. The Bertz CT molecular complexity index is 1550. The average Bonchev–Trinajstić information content (AvgIpc) is 3.48. The summed E-state index contributed by atoms with van der Waals surface area (Å²) in [6, 6.07) is 21.1. The van der Waals surface area contributed by atoms with Gasteiger partial charge in [0, 0.05) is 22.9 Å². The number of halogens is 1. The van der Waals surface area contributed by atoms with Gasteiger partial charge in [-0.2, -0.15) is 0 Å². The first-order chi connectivity index (χ1) is 22.6. The summed E-state index contributed by atoms with van der Waals surface area (Å²) in [5.41, 5.74) is 1.10. The molecule has 10 heteroatoms. The Balaban J connectivity index is 1.33. The van der Waals surface area contributed by atoms with Gasteiger partial charge in [0.15, 0.2) is 0 Å². The molecule has 8 nitrogen and oxygen atoms in total. The first-order valence-corrected chi connectivity index (χ1v) is 18.0. The van der Waals surface area contributed by atoms with Crippen LogP contribution in [-0.2, 0) is 19.7 Å². The molecular weight excluding hydrogens is 634 g/mol. The summed E-state index contributed by atoms with van der Waals surface area (Å²) in [6.07, 6.45) is 5.86. The molecular formula is C37H46ClN3O5S. The molecule has 3 amide bonds. The van der Waals surface area contributed by atoms with Gasteiger partial charge in [0.05, 0.1) is 12.6 Å². The number of ether oxygens (including phenoxy) is 1. The van der Waals surface area contributed by atoms with Crippen LogP contribution in [0.4, 0.5) is 4.79 Å². The van der Waals surface area contributed by atoms with Crippen LogP contribution in [0.2, 0.25) is 5.02 Å². The third-order valence-corrected chi connectivity index (χ3v) is 10.9. The van der Waals surface area contributed by atoms with E-state index in [9.17, 15) is 19.5 Å². The zero-order chi connectivity index (χ0) is 33.4. The Morgan fingerprint density at radius 2 is 1.77 bits per heavy atom. The van der Waals surface area contributed by atoms with Gasteiger partial charge in [0.25, 0.3) is 0 Å². The highest BCUT2D eigenvalue weighted by Crippen LogP contribution is 2.41. The van der Waals surface area contributed by atoms with Crippen molar-refractivity contribution in [2.24, 2.45) is 11.8 Å². The SMILES string of the molecule is CC(C)(c1cccc(Cl)c1)C(OC(=O)NS[C@@H](CC1CCCCC1)C(=O)N[C@H](CO)C[C@@H]1CCNC1=O)c1ccc2ccccc2c1. The van der Waals surface area contributed by atoms with Gasteiger partial charge < -0.3 is 20.5 Å². The number of nitrogens with one attached hydrogen (secondary N) is 3. The Morgan fingerprint density at radius 3 is 2.47 bits per heavy atom. The van der Waals surface area contributed by atoms with Gasteiger partial charge in [-0.3, -0.25) is 14.3 Å². The highest BCUT2D eigenvalue weighted by molar-refractivity contribution is 7.99. The molecule has 1 aliphatic carbocycles. The van der Waals surface area contributed by atoms with Crippen molar-refractivity contribution >= 4 is 52.2 Å². The molecule has 0 radical (unpaired) electrons. The number of hydrogen-bond donors (Lipinski definition) is 4. The van der Waals surface area contributed by atoms with Crippen molar-refractivity contribution in [2.75, 3.05) is 13.2 Å². The molecule has 1 saturated carbocycles. The molecule has 2 aliphatic rings. The first kappa shape index (κ1) is 35.0. The molecule has 3 aromatic carbocycles. The van der Waals surface area contributed by atoms with E-state index in [-0.39, 0.29) is 24.3 Å². The number of amides is 3. The molecule has 0 spiro atoms. The number of aliphatic hydroxyl groups is 1. The minimum Gasteiger partial charge on any atom is -0.440 e. The maximum atomic E-state index is 13.7. The molecule has 4 atom stereocenters. The Hall–Kier alpha value is -3.27. The zero-order valence-corrected chi connectivity index (χ0v) is 28.7. The summed E-state index contributed by atoms with van der Waals surface area (Å²) in [5, 5.41) is 18.0. The molecule has 1 aliphatic heterocycles. The van der Waals surface area contributed by atoms with E-state index in [2.05, 4.69) is 15.4 Å². The lowest BCUT2D eigenvalue weighted by Gasteiger charge is -2.35. The van der Waals surface area contributed by atoms with Gasteiger partial charge >= 0.3 is 6.09 Å². The quantitative estimate of drug-likeness (QED) is 0.142. The fraction of sp³-hybridized carbons (Fsp3) is 0.486. The number of hydrogen-bond acceptors (Lipinski definition) is 6. The van der Waals surface area contributed by atoms with Gasteiger partial charge in [-0.1, -0.05) is 106 Å². The fourth-order valence-electron chi connectivity index (χ4n) is 6.91. The third kappa shape index (κ3) is 9.21. The summed E-state index contributed by atoms with van der Waals surface area (Å²) >= 11 is 7.44. The van der Waals surface area contributed by atoms with Crippen LogP contribution in [-0.4, -0.2) is 47.5 Å². The highest BCUT2D eigenvalue weighted by atomic mass is 35.5. The molecule has 1 unspecified atom stereocenters. The predicted octanol–water partition coefficient (Wildman–Crippen LogP) is 7.23. The molecule has 5 rings (SSSR count). The standard InChI is InChI=1S/C37H46ClN3O5S/c1-37(2,29-13-8-14-30(38)22-29)33(27-16-15-25-11-6-7-12-26(25)20-27)46-36(45)41-47-32(19-24-9-4-3-5-10-24)35(44)40-31(23-42)21-28-17-18-39-34(28)43/h6-8,11-16,20,22,24,28,31-33,42H,3-5,9-10,17-19,21,23H2,1-2H3,(H,39,43)(H,40,44)(H,41,45)/t28-,31-,32-,33?/m0/s1. The van der Waals surface area contributed by atoms with E-state index in [0.29, 0.717) is 36.7 Å². The fourth-order valence-corrected chi connectivity index (χ4v) is 7.94. The average molecular weight is 680 g/mol. The van der Waals surface area contributed by atoms with Gasteiger partial charge in [0.2, 0.25) is 11.8 Å². The first-order valence-electron chi connectivity index (χ1n) is 16.7. The van der Waals surface area contributed by atoms with Gasteiger partial charge in [-0.25, -0.2) is 4.79 Å². The number of rotatable bonds is 13. The maximum absolute atomic E-state index is 13.7. The van der Waals surface area contributed by atoms with Crippen molar-refractivity contribution in [3.8, 4) is 0 Å². The molecule has 1 heterocycles. The molecule has 252 valence electrons. The number of carbonyl (C=O) groups is 3. The number of fused-ring (bicyclic) bond motifs is 1. The third-order valence-electron chi connectivity index (χ3n) is 9.67. The van der Waals surface area contributed by atoms with E-state index >= 15 is 0 Å². The summed E-state index contributed by atoms with van der Waals surface area (Å²) in [7, 11) is 0. The van der Waals surface area contributed by atoms with Crippen LogP contribution >= 0.6 is 23.5 Å². The van der Waals surface area contributed by atoms with Crippen LogP contribution in [0.15, 0.2) is 66.7 Å². The molecule has 1 saturated heterocycles. The van der Waals surface area contributed by atoms with E-state index in [1.165, 1.54) is 6.42 Å². The largest absolute Gasteiger partial charge is 0.440 e. The summed E-state index contributed by atoms with van der Waals surface area (Å²) < 4.78 is 9.08. The molecule has 47 heavy (non-hydrogen) atoms. The second-order valence-electron chi connectivity index (χ2n) is 13.5. The van der Waals surface area contributed by atoms with E-state index < -0.39 is 28.9 Å². The molecule has 4 N–H and O–H groups in total. The van der Waals surface area contributed by atoms with E-state index in [4.69, 9.17) is 16.3 Å². The van der Waals surface area contributed by atoms with Crippen molar-refractivity contribution in [3.05, 3.63) is 82.9 Å². The Labute approximate surface area is 286 Å². The van der Waals surface area contributed by atoms with Crippen LogP contribution in [0.5, 0.6) is 0 Å². The highest BCUT2D eigenvalue weighted by Gasteiger charge is 2.37. The van der Waals surface area contributed by atoms with Crippen molar-refractivity contribution < 1.29 is 24.2 Å². The number of carbonyl (C=O) groups excluding carboxylic acids is 3. The van der Waals surface area contributed by atoms with Gasteiger partial charge in [-0.05, 0) is 77.2 Å². The van der Waals surface area contributed by atoms with E-state index in [0.717, 1.165) is 59.5 Å². The molecule has 0 bridgehead atoms. The van der Waals surface area contributed by atoms with Crippen LogP contribution < -0.4 is 15.4 Å². The van der Waals surface area contributed by atoms with Crippen LogP contribution in [0, 0.1) is 11.8 Å². The van der Waals surface area contributed by atoms with Crippen LogP contribution in [0.3, 0.4) is 0 Å². The topological polar surface area (TPSA) is 117 Å². The maximum Gasteiger partial charge on any atom is 0.417 e. The minimum absolute atomic E-state index is 0.0445. The van der Waals surface area contributed by atoms with Crippen molar-refractivity contribution in [3.63, 3.8) is 0 Å². The van der Waals surface area contributed by atoms with Crippen molar-refractivity contribution in [2.45, 2.75) is 88.0 Å². The normalized spacial score (nSPS) is 19.1. The van der Waals surface area contributed by atoms with Crippen LogP contribution in [0.1, 0.15) is 82.4 Å². The van der Waals surface area contributed by atoms with Crippen molar-refractivity contribution in [1.82, 2.24) is 15.4 Å². The lowest BCUT2D eigenvalue weighted by molar-refractivity contribution is -0.125. The summed E-state index contributed by atoms with van der Waals surface area (Å²) in [4.78, 5) is 39.4. The summed E-state index contributed by atoms with van der Waals surface area (Å²) in [5.74, 6) is -0.175. The second kappa shape index (κ2) is 16.2. The smallest absolute Gasteiger partial charge is 0.417 e. The Kier molecular flexibility index (Phi) is 12.1. The van der Waals surface area contributed by atoms with Crippen LogP contribution in [0.25, 0.3) is 10.8 Å². The second-order valence-corrected chi connectivity index (χ2v) is 14.9. The minimum atomic E-state index is -0.673. The van der Waals surface area contributed by atoms with Crippen molar-refractivity contribution in [1.29, 1.82) is 0 Å².